The van der Waals surface area contributed by atoms with Gasteiger partial charge in [-0.15, -0.1) is 22.9 Å². The number of carbonyl (C=O) groups is 1. The minimum absolute atomic E-state index is 0.390. The Labute approximate surface area is 91.3 Å². The second kappa shape index (κ2) is 3.71. The van der Waals surface area contributed by atoms with Gasteiger partial charge in [-0.25, -0.2) is 0 Å². The van der Waals surface area contributed by atoms with E-state index in [4.69, 9.17) is 11.6 Å². The van der Waals surface area contributed by atoms with Crippen molar-refractivity contribution in [2.75, 3.05) is 0 Å². The number of hydrogen-bond acceptors (Lipinski definition) is 2. The van der Waals surface area contributed by atoms with E-state index in [0.717, 1.165) is 23.0 Å². The maximum atomic E-state index is 10.9. The number of aldehydes is 1. The number of fused-ring (bicyclic) bond motifs is 1. The number of hydrogen-bond donors (Lipinski definition) is 0. The molecule has 0 aliphatic heterocycles. The van der Waals surface area contributed by atoms with Gasteiger partial charge in [0.2, 0.25) is 0 Å². The molecule has 14 heavy (non-hydrogen) atoms. The van der Waals surface area contributed by atoms with Crippen molar-refractivity contribution in [2.45, 2.75) is 12.8 Å². The summed E-state index contributed by atoms with van der Waals surface area (Å²) in [7, 11) is 0. The molecule has 0 spiro atoms. The molecule has 2 rings (SSSR count). The topological polar surface area (TPSA) is 17.1 Å². The number of aryl methyl sites for hydroxylation is 1. The number of thiophene rings is 1. The van der Waals surface area contributed by atoms with Crippen LogP contribution in [0.25, 0.3) is 10.1 Å². The molecular weight excluding hydrogens is 216 g/mol. The fourth-order valence-electron chi connectivity index (χ4n) is 1.64. The lowest BCUT2D eigenvalue weighted by atomic mass is 10.0. The van der Waals surface area contributed by atoms with E-state index >= 15 is 0 Å². The summed E-state index contributed by atoms with van der Waals surface area (Å²) >= 11 is 7.46. The highest BCUT2D eigenvalue weighted by atomic mass is 35.5. The molecule has 3 heteroatoms. The molecule has 0 aliphatic carbocycles. The predicted molar refractivity (Wildman–Crippen MR) is 61.5 cm³/mol. The Balaban J connectivity index is 2.85. The van der Waals surface area contributed by atoms with Crippen LogP contribution in [0.2, 0.25) is 0 Å². The van der Waals surface area contributed by atoms with E-state index in [0.29, 0.717) is 5.88 Å². The Bertz CT molecular complexity index is 487. The van der Waals surface area contributed by atoms with Gasteiger partial charge in [0.25, 0.3) is 0 Å². The Morgan fingerprint density at radius 1 is 1.57 bits per heavy atom. The lowest BCUT2D eigenvalue weighted by Crippen LogP contribution is -1.93. The molecule has 0 aliphatic rings. The van der Waals surface area contributed by atoms with Gasteiger partial charge in [0, 0.05) is 16.1 Å². The first-order valence-electron chi connectivity index (χ1n) is 4.28. The van der Waals surface area contributed by atoms with Gasteiger partial charge in [0.15, 0.2) is 6.29 Å². The molecule has 72 valence electrons. The number of alkyl halides is 1. The van der Waals surface area contributed by atoms with Gasteiger partial charge in [-0.3, -0.25) is 4.79 Å². The molecule has 0 bridgehead atoms. The lowest BCUT2D eigenvalue weighted by Gasteiger charge is -2.05. The minimum Gasteiger partial charge on any atom is -0.298 e. The van der Waals surface area contributed by atoms with Crippen molar-refractivity contribution in [1.82, 2.24) is 0 Å². The van der Waals surface area contributed by atoms with Crippen LogP contribution in [0.5, 0.6) is 0 Å². The Morgan fingerprint density at radius 2 is 2.36 bits per heavy atom. The van der Waals surface area contributed by atoms with Crippen LogP contribution in [0.4, 0.5) is 0 Å². The highest BCUT2D eigenvalue weighted by molar-refractivity contribution is 7.17. The monoisotopic (exact) mass is 224 g/mol. The Kier molecular flexibility index (Phi) is 2.57. The maximum absolute atomic E-state index is 10.9. The lowest BCUT2D eigenvalue weighted by molar-refractivity contribution is 0.112. The van der Waals surface area contributed by atoms with Crippen molar-refractivity contribution in [3.63, 3.8) is 0 Å². The van der Waals surface area contributed by atoms with Gasteiger partial charge < -0.3 is 0 Å². The molecule has 2 aromatic rings. The summed E-state index contributed by atoms with van der Waals surface area (Å²) in [6.45, 7) is 1.97. The van der Waals surface area contributed by atoms with Crippen molar-refractivity contribution in [1.29, 1.82) is 0 Å². The first-order chi connectivity index (χ1) is 6.77. The molecular formula is C11H9ClOS. The van der Waals surface area contributed by atoms with Crippen LogP contribution in [0.1, 0.15) is 21.5 Å². The average molecular weight is 225 g/mol. The summed E-state index contributed by atoms with van der Waals surface area (Å²) in [5, 5.41) is 3.21. The van der Waals surface area contributed by atoms with E-state index in [1.807, 2.05) is 18.4 Å². The van der Waals surface area contributed by atoms with Gasteiger partial charge in [0.05, 0.1) is 0 Å². The zero-order chi connectivity index (χ0) is 10.1. The summed E-state index contributed by atoms with van der Waals surface area (Å²) in [4.78, 5) is 10.9. The average Bonchev–Trinajstić information content (AvgIpc) is 2.65. The normalized spacial score (nSPS) is 10.7. The molecule has 1 heterocycles. The highest BCUT2D eigenvalue weighted by Gasteiger charge is 2.09. The van der Waals surface area contributed by atoms with Crippen molar-refractivity contribution < 1.29 is 4.79 Å². The van der Waals surface area contributed by atoms with Gasteiger partial charge in [0.1, 0.15) is 0 Å². The molecule has 0 amide bonds. The first-order valence-corrected chi connectivity index (χ1v) is 5.70. The third-order valence-electron chi connectivity index (χ3n) is 2.38. The summed E-state index contributed by atoms with van der Waals surface area (Å²) in [5.74, 6) is 0.390. The number of rotatable bonds is 2. The van der Waals surface area contributed by atoms with Gasteiger partial charge >= 0.3 is 0 Å². The third kappa shape index (κ3) is 1.35. The summed E-state index contributed by atoms with van der Waals surface area (Å²) in [5.41, 5.74) is 2.71. The van der Waals surface area contributed by atoms with E-state index in [1.54, 1.807) is 11.3 Å². The SMILES string of the molecule is Cc1c(C=O)c(CCl)cc2ccsc12. The maximum Gasteiger partial charge on any atom is 0.150 e. The Morgan fingerprint density at radius 3 is 3.00 bits per heavy atom. The van der Waals surface area contributed by atoms with Crippen LogP contribution in [-0.2, 0) is 5.88 Å². The molecule has 0 unspecified atom stereocenters. The van der Waals surface area contributed by atoms with Crippen LogP contribution < -0.4 is 0 Å². The number of carbonyl (C=O) groups excluding carboxylic acids is 1. The second-order valence-electron chi connectivity index (χ2n) is 3.16. The molecule has 0 saturated carbocycles. The summed E-state index contributed by atoms with van der Waals surface area (Å²) < 4.78 is 1.18. The van der Waals surface area contributed by atoms with Gasteiger partial charge in [-0.05, 0) is 40.9 Å². The molecule has 1 nitrogen and oxygen atoms in total. The standard InChI is InChI=1S/C11H9ClOS/c1-7-10(6-13)9(5-12)4-8-2-3-14-11(7)8/h2-4,6H,5H2,1H3. The third-order valence-corrected chi connectivity index (χ3v) is 3.72. The van der Waals surface area contributed by atoms with Crippen LogP contribution in [-0.4, -0.2) is 6.29 Å². The molecule has 0 N–H and O–H groups in total. The van der Waals surface area contributed by atoms with Gasteiger partial charge in [-0.1, -0.05) is 0 Å². The van der Waals surface area contributed by atoms with E-state index in [2.05, 4.69) is 6.07 Å². The summed E-state index contributed by atoms with van der Waals surface area (Å²) in [6.07, 6.45) is 0.895. The quantitative estimate of drug-likeness (QED) is 0.561. The fraction of sp³-hybridized carbons (Fsp3) is 0.182. The highest BCUT2D eigenvalue weighted by Crippen LogP contribution is 2.29. The van der Waals surface area contributed by atoms with Crippen LogP contribution in [0.15, 0.2) is 17.5 Å². The smallest absolute Gasteiger partial charge is 0.150 e. The second-order valence-corrected chi connectivity index (χ2v) is 4.35. The fourth-order valence-corrected chi connectivity index (χ4v) is 2.76. The van der Waals surface area contributed by atoms with Crippen molar-refractivity contribution >= 4 is 39.3 Å². The zero-order valence-corrected chi connectivity index (χ0v) is 9.28. The van der Waals surface area contributed by atoms with Crippen LogP contribution in [0, 0.1) is 6.92 Å². The van der Waals surface area contributed by atoms with Crippen LogP contribution >= 0.6 is 22.9 Å². The molecule has 1 aromatic heterocycles. The van der Waals surface area contributed by atoms with Gasteiger partial charge in [-0.2, -0.15) is 0 Å². The largest absolute Gasteiger partial charge is 0.298 e. The van der Waals surface area contributed by atoms with Crippen LogP contribution in [0.3, 0.4) is 0 Å². The zero-order valence-electron chi connectivity index (χ0n) is 7.71. The number of benzene rings is 1. The predicted octanol–water partition coefficient (Wildman–Crippen LogP) is 3.76. The van der Waals surface area contributed by atoms with Crippen molar-refractivity contribution in [3.8, 4) is 0 Å². The van der Waals surface area contributed by atoms with E-state index < -0.39 is 0 Å². The van der Waals surface area contributed by atoms with Crippen molar-refractivity contribution in [2.24, 2.45) is 0 Å². The molecule has 1 aromatic carbocycles. The van der Waals surface area contributed by atoms with Crippen molar-refractivity contribution in [3.05, 3.63) is 34.2 Å². The number of halogens is 1. The van der Waals surface area contributed by atoms with E-state index in [9.17, 15) is 4.79 Å². The van der Waals surface area contributed by atoms with E-state index in [-0.39, 0.29) is 0 Å². The minimum atomic E-state index is 0.390. The first kappa shape index (κ1) is 9.69. The molecule has 0 saturated heterocycles. The Hall–Kier alpha value is -0.860. The molecule has 0 atom stereocenters. The summed E-state index contributed by atoms with van der Waals surface area (Å²) in [6, 6.07) is 4.05. The molecule has 0 fully saturated rings. The van der Waals surface area contributed by atoms with E-state index in [1.165, 1.54) is 10.1 Å². The molecule has 0 radical (unpaired) electrons.